The van der Waals surface area contributed by atoms with Crippen molar-refractivity contribution in [3.05, 3.63) is 67.1 Å². The SMILES string of the molecule is O=C(Nc1cnc2[nH]cc(-c3cnc4nccn4c3)c2c1)c1ccnc(N2CCNCC2)c1. The average Bonchev–Trinajstić information content (AvgIpc) is 3.51. The lowest BCUT2D eigenvalue weighted by Gasteiger charge is -2.28. The lowest BCUT2D eigenvalue weighted by molar-refractivity contribution is 0.102. The van der Waals surface area contributed by atoms with E-state index in [9.17, 15) is 4.79 Å². The molecule has 0 spiro atoms. The number of fused-ring (bicyclic) bond motifs is 2. The van der Waals surface area contributed by atoms with E-state index in [0.29, 0.717) is 17.0 Å². The molecule has 5 aromatic heterocycles. The molecule has 10 heteroatoms. The van der Waals surface area contributed by atoms with E-state index in [-0.39, 0.29) is 5.91 Å². The Morgan fingerprint density at radius 1 is 1.03 bits per heavy atom. The van der Waals surface area contributed by atoms with Crippen molar-refractivity contribution in [1.29, 1.82) is 0 Å². The van der Waals surface area contributed by atoms with Crippen molar-refractivity contribution >= 4 is 34.2 Å². The van der Waals surface area contributed by atoms with Crippen molar-refractivity contribution in [3.63, 3.8) is 0 Å². The van der Waals surface area contributed by atoms with Crippen LogP contribution in [-0.4, -0.2) is 61.4 Å². The third kappa shape index (κ3) is 3.66. The van der Waals surface area contributed by atoms with Gasteiger partial charge in [-0.05, 0) is 18.2 Å². The van der Waals surface area contributed by atoms with Crippen LogP contribution in [0.3, 0.4) is 0 Å². The summed E-state index contributed by atoms with van der Waals surface area (Å²) in [5.74, 6) is 1.25. The molecule has 0 aromatic carbocycles. The van der Waals surface area contributed by atoms with Gasteiger partial charge in [-0.25, -0.2) is 19.9 Å². The molecule has 1 fully saturated rings. The van der Waals surface area contributed by atoms with E-state index in [0.717, 1.165) is 54.2 Å². The van der Waals surface area contributed by atoms with Gasteiger partial charge >= 0.3 is 0 Å². The molecule has 3 N–H and O–H groups in total. The van der Waals surface area contributed by atoms with Gasteiger partial charge in [-0.1, -0.05) is 0 Å². The molecule has 164 valence electrons. The normalized spacial score (nSPS) is 14.1. The Kier molecular flexibility index (Phi) is 4.69. The molecule has 5 aromatic rings. The van der Waals surface area contributed by atoms with E-state index >= 15 is 0 Å². The zero-order valence-corrected chi connectivity index (χ0v) is 17.7. The lowest BCUT2D eigenvalue weighted by atomic mass is 10.1. The molecule has 6 rings (SSSR count). The third-order valence-corrected chi connectivity index (χ3v) is 5.79. The molecule has 0 aliphatic carbocycles. The second-order valence-corrected chi connectivity index (χ2v) is 7.89. The van der Waals surface area contributed by atoms with Crippen LogP contribution in [0.25, 0.3) is 27.9 Å². The minimum Gasteiger partial charge on any atom is -0.354 e. The molecule has 0 unspecified atom stereocenters. The predicted molar refractivity (Wildman–Crippen MR) is 125 cm³/mol. The minimum absolute atomic E-state index is 0.200. The van der Waals surface area contributed by atoms with Crippen LogP contribution in [0.4, 0.5) is 11.5 Å². The molecule has 1 saturated heterocycles. The monoisotopic (exact) mass is 439 g/mol. The summed E-state index contributed by atoms with van der Waals surface area (Å²) in [5, 5.41) is 7.19. The van der Waals surface area contributed by atoms with Gasteiger partial charge < -0.3 is 20.5 Å². The molecule has 0 bridgehead atoms. The van der Waals surface area contributed by atoms with E-state index in [1.807, 2.05) is 35.1 Å². The Morgan fingerprint density at radius 3 is 2.85 bits per heavy atom. The van der Waals surface area contributed by atoms with Crippen LogP contribution >= 0.6 is 0 Å². The highest BCUT2D eigenvalue weighted by molar-refractivity contribution is 6.06. The van der Waals surface area contributed by atoms with Gasteiger partial charge in [-0.2, -0.15) is 0 Å². The first-order valence-electron chi connectivity index (χ1n) is 10.7. The first kappa shape index (κ1) is 19.4. The zero-order valence-electron chi connectivity index (χ0n) is 17.7. The molecule has 10 nitrogen and oxygen atoms in total. The number of anilines is 2. The van der Waals surface area contributed by atoms with Gasteiger partial charge in [-0.3, -0.25) is 9.20 Å². The van der Waals surface area contributed by atoms with E-state index < -0.39 is 0 Å². The number of hydrogen-bond acceptors (Lipinski definition) is 7. The number of nitrogens with zero attached hydrogens (tertiary/aromatic N) is 6. The molecule has 0 radical (unpaired) electrons. The molecule has 1 aliphatic rings. The van der Waals surface area contributed by atoms with Crippen molar-refractivity contribution in [2.45, 2.75) is 0 Å². The van der Waals surface area contributed by atoms with Gasteiger partial charge in [0.1, 0.15) is 11.5 Å². The Hall–Kier alpha value is -4.31. The first-order chi connectivity index (χ1) is 16.2. The van der Waals surface area contributed by atoms with Crippen LogP contribution in [-0.2, 0) is 0 Å². The fourth-order valence-corrected chi connectivity index (χ4v) is 4.10. The quantitative estimate of drug-likeness (QED) is 0.394. The van der Waals surface area contributed by atoms with E-state index in [4.69, 9.17) is 0 Å². The summed E-state index contributed by atoms with van der Waals surface area (Å²) in [5.41, 5.74) is 3.78. The largest absolute Gasteiger partial charge is 0.354 e. The summed E-state index contributed by atoms with van der Waals surface area (Å²) in [4.78, 5) is 35.8. The Balaban J connectivity index is 1.28. The van der Waals surface area contributed by atoms with E-state index in [2.05, 4.69) is 40.5 Å². The number of H-pyrrole nitrogens is 1. The average molecular weight is 439 g/mol. The van der Waals surface area contributed by atoms with Gasteiger partial charge in [0, 0.05) is 85.4 Å². The van der Waals surface area contributed by atoms with Crippen molar-refractivity contribution < 1.29 is 4.79 Å². The molecule has 6 heterocycles. The highest BCUT2D eigenvalue weighted by atomic mass is 16.1. The third-order valence-electron chi connectivity index (χ3n) is 5.79. The summed E-state index contributed by atoms with van der Waals surface area (Å²) in [6, 6.07) is 5.48. The number of carbonyl (C=O) groups excluding carboxylic acids is 1. The van der Waals surface area contributed by atoms with Crippen LogP contribution in [0.5, 0.6) is 0 Å². The molecule has 0 saturated carbocycles. The maximum atomic E-state index is 13.0. The first-order valence-corrected chi connectivity index (χ1v) is 10.7. The minimum atomic E-state index is -0.200. The number of hydrogen-bond donors (Lipinski definition) is 3. The van der Waals surface area contributed by atoms with Gasteiger partial charge in [-0.15, -0.1) is 0 Å². The highest BCUT2D eigenvalue weighted by Crippen LogP contribution is 2.29. The highest BCUT2D eigenvalue weighted by Gasteiger charge is 2.15. The summed E-state index contributed by atoms with van der Waals surface area (Å²) < 4.78 is 1.87. The molecule has 0 atom stereocenters. The Morgan fingerprint density at radius 2 is 1.94 bits per heavy atom. The second-order valence-electron chi connectivity index (χ2n) is 7.89. The van der Waals surface area contributed by atoms with Crippen molar-refractivity contribution in [1.82, 2.24) is 34.6 Å². The number of pyridine rings is 2. The van der Waals surface area contributed by atoms with Gasteiger partial charge in [0.2, 0.25) is 5.78 Å². The standard InChI is InChI=1S/C23H21N9O/c33-22(15-1-2-25-20(9-15)31-6-3-24-4-7-31)30-17-10-18-19(13-28-21(18)27-12-17)16-11-29-23-26-5-8-32(23)14-16/h1-2,5,8-14,24H,3-4,6-7H2,(H,27,28)(H,30,33). The van der Waals surface area contributed by atoms with Crippen molar-refractivity contribution in [2.75, 3.05) is 36.4 Å². The van der Waals surface area contributed by atoms with Gasteiger partial charge in [0.15, 0.2) is 0 Å². The van der Waals surface area contributed by atoms with Crippen molar-refractivity contribution in [3.8, 4) is 11.1 Å². The molecular weight excluding hydrogens is 418 g/mol. The summed E-state index contributed by atoms with van der Waals surface area (Å²) in [6.07, 6.45) is 12.5. The van der Waals surface area contributed by atoms with Gasteiger partial charge in [0.25, 0.3) is 5.91 Å². The number of rotatable bonds is 4. The second kappa shape index (κ2) is 7.99. The summed E-state index contributed by atoms with van der Waals surface area (Å²) in [6.45, 7) is 3.56. The topological polar surface area (TPSA) is 116 Å². The lowest BCUT2D eigenvalue weighted by Crippen LogP contribution is -2.43. The molecule has 1 aliphatic heterocycles. The fourth-order valence-electron chi connectivity index (χ4n) is 4.10. The Labute approximate surface area is 188 Å². The summed E-state index contributed by atoms with van der Waals surface area (Å²) in [7, 11) is 0. The zero-order chi connectivity index (χ0) is 22.2. The smallest absolute Gasteiger partial charge is 0.255 e. The van der Waals surface area contributed by atoms with Crippen molar-refractivity contribution in [2.24, 2.45) is 0 Å². The molecular formula is C23H21N9O. The fraction of sp³-hybridized carbons (Fsp3) is 0.174. The molecule has 33 heavy (non-hydrogen) atoms. The summed E-state index contributed by atoms with van der Waals surface area (Å²) >= 11 is 0. The van der Waals surface area contributed by atoms with Crippen LogP contribution < -0.4 is 15.5 Å². The van der Waals surface area contributed by atoms with Gasteiger partial charge in [0.05, 0.1) is 11.9 Å². The van der Waals surface area contributed by atoms with E-state index in [1.54, 1.807) is 30.9 Å². The maximum absolute atomic E-state index is 13.0. The van der Waals surface area contributed by atoms with E-state index in [1.165, 1.54) is 0 Å². The van der Waals surface area contributed by atoms with Crippen LogP contribution in [0.1, 0.15) is 10.4 Å². The van der Waals surface area contributed by atoms with Crippen LogP contribution in [0.15, 0.2) is 61.6 Å². The number of amides is 1. The van der Waals surface area contributed by atoms with Crippen LogP contribution in [0, 0.1) is 0 Å². The number of aromatic amines is 1. The molecule has 1 amide bonds. The number of nitrogens with one attached hydrogen (secondary N) is 3. The Bertz CT molecular complexity index is 1470. The maximum Gasteiger partial charge on any atom is 0.255 e. The number of aromatic nitrogens is 6. The van der Waals surface area contributed by atoms with Crippen LogP contribution in [0.2, 0.25) is 0 Å². The number of piperazine rings is 1. The number of carbonyl (C=O) groups is 1. The number of imidazole rings is 1. The predicted octanol–water partition coefficient (Wildman–Crippen LogP) is 2.33.